The molecule has 0 aliphatic heterocycles. The van der Waals surface area contributed by atoms with E-state index in [0.29, 0.717) is 18.0 Å². The van der Waals surface area contributed by atoms with Crippen molar-refractivity contribution < 1.29 is 4.79 Å². The first-order valence-corrected chi connectivity index (χ1v) is 7.39. The largest absolute Gasteiger partial charge is 0.373 e. The smallest absolute Gasteiger partial charge is 0.251 e. The minimum atomic E-state index is -0.0371. The van der Waals surface area contributed by atoms with E-state index >= 15 is 0 Å². The maximum Gasteiger partial charge on any atom is 0.251 e. The molecule has 0 aliphatic carbocycles. The molecule has 2 N–H and O–H groups in total. The molecule has 1 heterocycles. The number of carbonyl (C=O) groups is 1. The van der Waals surface area contributed by atoms with Gasteiger partial charge in [-0.15, -0.1) is 0 Å². The zero-order valence-electron chi connectivity index (χ0n) is 11.4. The molecule has 100 valence electrons. The van der Waals surface area contributed by atoms with Gasteiger partial charge in [0.15, 0.2) is 0 Å². The summed E-state index contributed by atoms with van der Waals surface area (Å²) in [5.74, 6) is 2.22. The van der Waals surface area contributed by atoms with Gasteiger partial charge in [-0.3, -0.25) is 4.79 Å². The van der Waals surface area contributed by atoms with Crippen LogP contribution in [0.4, 0.5) is 5.82 Å². The Morgan fingerprint density at radius 2 is 2.22 bits per heavy atom. The number of hydrogen-bond acceptors (Lipinski definition) is 4. The minimum Gasteiger partial charge on any atom is -0.373 e. The Kier molecular flexibility index (Phi) is 5.98. The Morgan fingerprint density at radius 3 is 2.83 bits per heavy atom. The number of rotatable bonds is 6. The molecule has 1 rings (SSSR count). The summed E-state index contributed by atoms with van der Waals surface area (Å²) in [5.41, 5.74) is 1.49. The molecule has 1 aromatic rings. The average molecular weight is 267 g/mol. The maximum absolute atomic E-state index is 12.0. The van der Waals surface area contributed by atoms with Gasteiger partial charge >= 0.3 is 0 Å². The molecule has 4 nitrogen and oxygen atoms in total. The first-order valence-electron chi connectivity index (χ1n) is 6.00. The lowest BCUT2D eigenvalue weighted by atomic mass is 10.2. The van der Waals surface area contributed by atoms with Gasteiger partial charge in [-0.25, -0.2) is 4.98 Å². The second-order valence-electron chi connectivity index (χ2n) is 4.40. The summed E-state index contributed by atoms with van der Waals surface area (Å²) in [4.78, 5) is 16.3. The highest BCUT2D eigenvalue weighted by Crippen LogP contribution is 2.10. The Balaban J connectivity index is 2.63. The number of nitrogens with one attached hydrogen (secondary N) is 2. The van der Waals surface area contributed by atoms with E-state index in [0.717, 1.165) is 17.3 Å². The molecule has 0 bridgehead atoms. The molecule has 0 saturated heterocycles. The Labute approximate surface area is 113 Å². The van der Waals surface area contributed by atoms with Gasteiger partial charge in [-0.2, -0.15) is 11.8 Å². The van der Waals surface area contributed by atoms with E-state index in [1.165, 1.54) is 0 Å². The number of thioether (sulfide) groups is 1. The lowest BCUT2D eigenvalue weighted by molar-refractivity contribution is 0.0949. The predicted octanol–water partition coefficient (Wildman–Crippen LogP) is 2.16. The first kappa shape index (κ1) is 14.8. The summed E-state index contributed by atoms with van der Waals surface area (Å²) >= 11 is 1.79. The summed E-state index contributed by atoms with van der Waals surface area (Å²) in [7, 11) is 1.80. The van der Waals surface area contributed by atoms with Gasteiger partial charge in [0.05, 0.1) is 0 Å². The number of carbonyl (C=O) groups excluding carboxylic acids is 1. The third kappa shape index (κ3) is 4.56. The summed E-state index contributed by atoms with van der Waals surface area (Å²) in [6.07, 6.45) is 2.07. The zero-order valence-corrected chi connectivity index (χ0v) is 12.2. The van der Waals surface area contributed by atoms with Gasteiger partial charge in [0.2, 0.25) is 0 Å². The molecule has 0 saturated carbocycles. The van der Waals surface area contributed by atoms with Crippen molar-refractivity contribution in [3.05, 3.63) is 23.4 Å². The summed E-state index contributed by atoms with van der Waals surface area (Å²) < 4.78 is 0. The van der Waals surface area contributed by atoms with Crippen LogP contribution in [-0.4, -0.2) is 36.5 Å². The van der Waals surface area contributed by atoms with E-state index in [-0.39, 0.29) is 5.91 Å². The number of amides is 1. The van der Waals surface area contributed by atoms with E-state index in [4.69, 9.17) is 0 Å². The Morgan fingerprint density at radius 1 is 1.50 bits per heavy atom. The van der Waals surface area contributed by atoms with Crippen molar-refractivity contribution in [1.29, 1.82) is 0 Å². The van der Waals surface area contributed by atoms with Crippen molar-refractivity contribution in [2.24, 2.45) is 5.92 Å². The number of nitrogens with zero attached hydrogens (tertiary/aromatic N) is 1. The fourth-order valence-electron chi connectivity index (χ4n) is 1.64. The van der Waals surface area contributed by atoms with Crippen LogP contribution in [0.25, 0.3) is 0 Å². The highest BCUT2D eigenvalue weighted by molar-refractivity contribution is 7.98. The number of aromatic nitrogens is 1. The van der Waals surface area contributed by atoms with E-state index in [1.54, 1.807) is 30.9 Å². The molecule has 1 unspecified atom stereocenters. The van der Waals surface area contributed by atoms with Crippen molar-refractivity contribution in [3.63, 3.8) is 0 Å². The normalized spacial score (nSPS) is 12.0. The van der Waals surface area contributed by atoms with Crippen LogP contribution >= 0.6 is 11.8 Å². The Hall–Kier alpha value is -1.23. The molecular formula is C13H21N3OS. The SMILES string of the molecule is CNc1cc(C(=O)NCC(C)CSC)cc(C)n1. The third-order valence-electron chi connectivity index (χ3n) is 2.53. The van der Waals surface area contributed by atoms with Crippen LogP contribution in [0.1, 0.15) is 23.0 Å². The van der Waals surface area contributed by atoms with Gasteiger partial charge in [0.25, 0.3) is 5.91 Å². The summed E-state index contributed by atoms with van der Waals surface area (Å²) in [5, 5.41) is 5.91. The number of aryl methyl sites for hydroxylation is 1. The molecule has 0 aromatic carbocycles. The van der Waals surface area contributed by atoms with Crippen molar-refractivity contribution in [2.45, 2.75) is 13.8 Å². The average Bonchev–Trinajstić information content (AvgIpc) is 2.35. The van der Waals surface area contributed by atoms with Crippen LogP contribution < -0.4 is 10.6 Å². The van der Waals surface area contributed by atoms with Crippen molar-refractivity contribution >= 4 is 23.5 Å². The lowest BCUT2D eigenvalue weighted by Crippen LogP contribution is -2.29. The minimum absolute atomic E-state index is 0.0371. The second-order valence-corrected chi connectivity index (χ2v) is 5.31. The van der Waals surface area contributed by atoms with Crippen LogP contribution in [-0.2, 0) is 0 Å². The number of anilines is 1. The van der Waals surface area contributed by atoms with Crippen molar-refractivity contribution in [3.8, 4) is 0 Å². The number of hydrogen-bond donors (Lipinski definition) is 2. The summed E-state index contributed by atoms with van der Waals surface area (Å²) in [6, 6.07) is 3.57. The van der Waals surface area contributed by atoms with Gasteiger partial charge in [-0.1, -0.05) is 6.92 Å². The quantitative estimate of drug-likeness (QED) is 0.829. The van der Waals surface area contributed by atoms with Crippen molar-refractivity contribution in [2.75, 3.05) is 30.9 Å². The van der Waals surface area contributed by atoms with E-state index in [1.807, 2.05) is 6.92 Å². The topological polar surface area (TPSA) is 54.0 Å². The van der Waals surface area contributed by atoms with E-state index in [2.05, 4.69) is 28.8 Å². The molecule has 0 radical (unpaired) electrons. The standard InChI is InChI=1S/C13H21N3OS/c1-9(8-18-4)7-15-13(17)11-5-10(2)16-12(6-11)14-3/h5-6,9H,7-8H2,1-4H3,(H,14,16)(H,15,17). The maximum atomic E-state index is 12.0. The monoisotopic (exact) mass is 267 g/mol. The fraction of sp³-hybridized carbons (Fsp3) is 0.538. The highest BCUT2D eigenvalue weighted by atomic mass is 32.2. The van der Waals surface area contributed by atoms with Crippen LogP contribution in [0.2, 0.25) is 0 Å². The molecule has 0 spiro atoms. The third-order valence-corrected chi connectivity index (χ3v) is 3.44. The van der Waals surface area contributed by atoms with Gasteiger partial charge in [-0.05, 0) is 37.0 Å². The molecule has 0 aliphatic rings. The van der Waals surface area contributed by atoms with Crippen LogP contribution in [0.5, 0.6) is 0 Å². The second kappa shape index (κ2) is 7.26. The molecule has 1 atom stereocenters. The van der Waals surface area contributed by atoms with Crippen LogP contribution in [0.15, 0.2) is 12.1 Å². The van der Waals surface area contributed by atoms with Crippen LogP contribution in [0, 0.1) is 12.8 Å². The Bertz CT molecular complexity index is 409. The molecule has 1 aromatic heterocycles. The van der Waals surface area contributed by atoms with Gasteiger partial charge in [0, 0.05) is 24.8 Å². The van der Waals surface area contributed by atoms with E-state index in [9.17, 15) is 4.79 Å². The highest BCUT2D eigenvalue weighted by Gasteiger charge is 2.09. The fourth-order valence-corrected chi connectivity index (χ4v) is 2.33. The van der Waals surface area contributed by atoms with Gasteiger partial charge in [0.1, 0.15) is 5.82 Å². The molecule has 5 heteroatoms. The molecule has 1 amide bonds. The zero-order chi connectivity index (χ0) is 13.5. The molecule has 18 heavy (non-hydrogen) atoms. The van der Waals surface area contributed by atoms with Gasteiger partial charge < -0.3 is 10.6 Å². The van der Waals surface area contributed by atoms with Crippen LogP contribution in [0.3, 0.4) is 0 Å². The molecular weight excluding hydrogens is 246 g/mol. The predicted molar refractivity (Wildman–Crippen MR) is 78.4 cm³/mol. The first-order chi connectivity index (χ1) is 8.56. The van der Waals surface area contributed by atoms with Crippen molar-refractivity contribution in [1.82, 2.24) is 10.3 Å². The lowest BCUT2D eigenvalue weighted by Gasteiger charge is -2.12. The summed E-state index contributed by atoms with van der Waals surface area (Å²) in [6.45, 7) is 4.72. The molecule has 0 fully saturated rings. The number of pyridine rings is 1. The van der Waals surface area contributed by atoms with E-state index < -0.39 is 0 Å².